The van der Waals surface area contributed by atoms with Crippen molar-refractivity contribution in [2.45, 2.75) is 26.3 Å². The Labute approximate surface area is 142 Å². The molecule has 25 heavy (non-hydrogen) atoms. The summed E-state index contributed by atoms with van der Waals surface area (Å²) in [7, 11) is 0. The molecule has 10 heteroatoms. The Morgan fingerprint density at radius 3 is 2.96 bits per heavy atom. The van der Waals surface area contributed by atoms with Crippen molar-refractivity contribution in [2.24, 2.45) is 0 Å². The quantitative estimate of drug-likeness (QED) is 0.313. The van der Waals surface area contributed by atoms with Crippen molar-refractivity contribution in [1.29, 1.82) is 0 Å². The molecular formula is C15H18N4O6. The minimum Gasteiger partial charge on any atom is -0.461 e. The fraction of sp³-hybridized carbons (Fsp3) is 0.400. The summed E-state index contributed by atoms with van der Waals surface area (Å²) < 4.78 is 11.4. The van der Waals surface area contributed by atoms with Crippen molar-refractivity contribution >= 4 is 17.7 Å². The molecule has 0 bridgehead atoms. The fourth-order valence-corrected chi connectivity index (χ4v) is 2.13. The van der Waals surface area contributed by atoms with Crippen LogP contribution in [0.4, 0.5) is 5.82 Å². The van der Waals surface area contributed by atoms with Gasteiger partial charge < -0.3 is 24.6 Å². The molecule has 0 spiro atoms. The van der Waals surface area contributed by atoms with E-state index in [1.807, 2.05) is 0 Å². The van der Waals surface area contributed by atoms with Gasteiger partial charge in [-0.3, -0.25) is 9.59 Å². The zero-order valence-corrected chi connectivity index (χ0v) is 13.6. The highest BCUT2D eigenvalue weighted by atomic mass is 16.6. The Morgan fingerprint density at radius 1 is 1.48 bits per heavy atom. The lowest BCUT2D eigenvalue weighted by Crippen LogP contribution is -2.24. The second-order valence-corrected chi connectivity index (χ2v) is 5.13. The molecule has 0 saturated carbocycles. The number of aromatic nitrogens is 2. The SMILES string of the molecule is Cc1ncc([N+](=O)[O-])n1CCOC(=O)CCCNC(=O)c1ccco1. The van der Waals surface area contributed by atoms with Gasteiger partial charge >= 0.3 is 11.8 Å². The smallest absolute Gasteiger partial charge is 0.342 e. The first kappa shape index (κ1) is 18.2. The van der Waals surface area contributed by atoms with Crippen LogP contribution in [-0.4, -0.2) is 39.5 Å². The summed E-state index contributed by atoms with van der Waals surface area (Å²) in [6.45, 7) is 2.11. The van der Waals surface area contributed by atoms with Crippen LogP contribution in [0.5, 0.6) is 0 Å². The number of hydrogen-bond acceptors (Lipinski definition) is 7. The Bertz CT molecular complexity index is 737. The van der Waals surface area contributed by atoms with Gasteiger partial charge in [0.25, 0.3) is 5.91 Å². The lowest BCUT2D eigenvalue weighted by Gasteiger charge is -2.06. The maximum atomic E-state index is 11.6. The summed E-state index contributed by atoms with van der Waals surface area (Å²) in [5, 5.41) is 13.5. The maximum Gasteiger partial charge on any atom is 0.342 e. The minimum atomic E-state index is -0.538. The predicted octanol–water partition coefficient (Wildman–Crippen LogP) is 1.45. The van der Waals surface area contributed by atoms with Crippen LogP contribution in [0.15, 0.2) is 29.0 Å². The first-order chi connectivity index (χ1) is 12.0. The standard InChI is InChI=1S/C15H18N4O6/c1-11-17-10-13(19(22)23)18(11)7-9-25-14(20)5-2-6-16-15(21)12-4-3-8-24-12/h3-4,8,10H,2,5-7,9H2,1H3,(H,16,21). The molecule has 2 rings (SSSR count). The number of aryl methyl sites for hydroxylation is 1. The van der Waals surface area contributed by atoms with Crippen molar-refractivity contribution in [3.63, 3.8) is 0 Å². The van der Waals surface area contributed by atoms with Crippen molar-refractivity contribution in [1.82, 2.24) is 14.9 Å². The van der Waals surface area contributed by atoms with E-state index in [2.05, 4.69) is 10.3 Å². The predicted molar refractivity (Wildman–Crippen MR) is 84.9 cm³/mol. The van der Waals surface area contributed by atoms with E-state index in [0.717, 1.165) is 0 Å². The van der Waals surface area contributed by atoms with E-state index in [0.29, 0.717) is 18.8 Å². The summed E-state index contributed by atoms with van der Waals surface area (Å²) in [5.41, 5.74) is 0. The van der Waals surface area contributed by atoms with Crippen LogP contribution in [0.25, 0.3) is 0 Å². The average molecular weight is 350 g/mol. The number of carbonyl (C=O) groups excluding carboxylic acids is 2. The van der Waals surface area contributed by atoms with Crippen molar-refractivity contribution < 1.29 is 23.7 Å². The van der Waals surface area contributed by atoms with Gasteiger partial charge in [0, 0.05) is 19.9 Å². The maximum absolute atomic E-state index is 11.6. The van der Waals surface area contributed by atoms with Crippen molar-refractivity contribution in [3.8, 4) is 0 Å². The molecule has 1 amide bonds. The first-order valence-electron chi connectivity index (χ1n) is 7.63. The van der Waals surface area contributed by atoms with E-state index in [4.69, 9.17) is 9.15 Å². The number of rotatable bonds is 9. The third kappa shape index (κ3) is 5.16. The van der Waals surface area contributed by atoms with E-state index in [9.17, 15) is 19.7 Å². The number of nitro groups is 1. The van der Waals surface area contributed by atoms with E-state index in [1.54, 1.807) is 19.1 Å². The molecule has 0 aliphatic rings. The number of carbonyl (C=O) groups is 2. The highest BCUT2D eigenvalue weighted by Crippen LogP contribution is 2.13. The normalized spacial score (nSPS) is 10.4. The lowest BCUT2D eigenvalue weighted by atomic mass is 10.3. The van der Waals surface area contributed by atoms with Crippen LogP contribution in [0.1, 0.15) is 29.2 Å². The molecule has 1 N–H and O–H groups in total. The molecule has 2 heterocycles. The second kappa shape index (κ2) is 8.62. The van der Waals surface area contributed by atoms with Gasteiger partial charge in [0.1, 0.15) is 19.3 Å². The first-order valence-corrected chi connectivity index (χ1v) is 7.63. The van der Waals surface area contributed by atoms with Crippen LogP contribution in [-0.2, 0) is 16.1 Å². The highest BCUT2D eigenvalue weighted by molar-refractivity contribution is 5.91. The average Bonchev–Trinajstić information content (AvgIpc) is 3.22. The Hall–Kier alpha value is -3.17. The number of esters is 1. The number of ether oxygens (including phenoxy) is 1. The van der Waals surface area contributed by atoms with Crippen LogP contribution in [0.2, 0.25) is 0 Å². The van der Waals surface area contributed by atoms with Gasteiger partial charge in [-0.1, -0.05) is 0 Å². The van der Waals surface area contributed by atoms with Gasteiger partial charge in [-0.25, -0.2) is 9.55 Å². The number of imidazole rings is 1. The van der Waals surface area contributed by atoms with Gasteiger partial charge in [0.15, 0.2) is 11.6 Å². The van der Waals surface area contributed by atoms with Gasteiger partial charge in [-0.2, -0.15) is 0 Å². The molecule has 10 nitrogen and oxygen atoms in total. The molecule has 0 aromatic carbocycles. The van der Waals surface area contributed by atoms with Gasteiger partial charge in [0.05, 0.1) is 6.26 Å². The number of amides is 1. The Balaban J connectivity index is 1.64. The molecule has 0 radical (unpaired) electrons. The Morgan fingerprint density at radius 2 is 2.28 bits per heavy atom. The van der Waals surface area contributed by atoms with E-state index in [1.165, 1.54) is 17.0 Å². The molecule has 0 aliphatic heterocycles. The van der Waals surface area contributed by atoms with E-state index < -0.39 is 10.9 Å². The summed E-state index contributed by atoms with van der Waals surface area (Å²) in [6, 6.07) is 3.15. The molecule has 0 atom stereocenters. The zero-order chi connectivity index (χ0) is 18.2. The zero-order valence-electron chi connectivity index (χ0n) is 13.6. The summed E-state index contributed by atoms with van der Waals surface area (Å²) in [6.07, 6.45) is 3.11. The van der Waals surface area contributed by atoms with Crippen LogP contribution in [0, 0.1) is 17.0 Å². The van der Waals surface area contributed by atoms with E-state index in [-0.39, 0.29) is 37.1 Å². The molecule has 0 saturated heterocycles. The monoisotopic (exact) mass is 350 g/mol. The highest BCUT2D eigenvalue weighted by Gasteiger charge is 2.17. The van der Waals surface area contributed by atoms with Crippen molar-refractivity contribution in [3.05, 3.63) is 46.3 Å². The van der Waals surface area contributed by atoms with E-state index >= 15 is 0 Å². The third-order valence-electron chi connectivity index (χ3n) is 3.39. The lowest BCUT2D eigenvalue weighted by molar-refractivity contribution is -0.392. The molecule has 2 aromatic heterocycles. The number of nitrogens with zero attached hydrogens (tertiary/aromatic N) is 3. The molecular weight excluding hydrogens is 332 g/mol. The van der Waals surface area contributed by atoms with Crippen molar-refractivity contribution in [2.75, 3.05) is 13.2 Å². The topological polar surface area (TPSA) is 130 Å². The number of hydrogen-bond donors (Lipinski definition) is 1. The largest absolute Gasteiger partial charge is 0.461 e. The second-order valence-electron chi connectivity index (χ2n) is 5.13. The number of furan rings is 1. The number of nitrogens with one attached hydrogen (secondary N) is 1. The Kier molecular flexibility index (Phi) is 6.26. The summed E-state index contributed by atoms with van der Waals surface area (Å²) >= 11 is 0. The molecule has 0 fully saturated rings. The molecule has 0 unspecified atom stereocenters. The summed E-state index contributed by atoms with van der Waals surface area (Å²) in [4.78, 5) is 37.4. The van der Waals surface area contributed by atoms with Crippen LogP contribution in [0.3, 0.4) is 0 Å². The van der Waals surface area contributed by atoms with Crippen LogP contribution >= 0.6 is 0 Å². The van der Waals surface area contributed by atoms with Crippen LogP contribution < -0.4 is 5.32 Å². The fourth-order valence-electron chi connectivity index (χ4n) is 2.13. The van der Waals surface area contributed by atoms with Gasteiger partial charge in [-0.15, -0.1) is 0 Å². The molecule has 134 valence electrons. The van der Waals surface area contributed by atoms with Gasteiger partial charge in [-0.05, 0) is 23.5 Å². The summed E-state index contributed by atoms with van der Waals surface area (Å²) in [5.74, 6) is -0.244. The van der Waals surface area contributed by atoms with Gasteiger partial charge in [0.2, 0.25) is 0 Å². The third-order valence-corrected chi connectivity index (χ3v) is 3.39. The molecule has 0 aliphatic carbocycles. The minimum absolute atomic E-state index is 0.00955. The molecule has 2 aromatic rings.